The second-order valence-electron chi connectivity index (χ2n) is 4.48. The van der Waals surface area contributed by atoms with Gasteiger partial charge in [-0.3, -0.25) is 0 Å². The highest BCUT2D eigenvalue weighted by Gasteiger charge is 2.30. The molecule has 1 nitrogen and oxygen atoms in total. The Morgan fingerprint density at radius 2 is 1.71 bits per heavy atom. The monoisotopic (exact) mass is 243 g/mol. The molecule has 0 radical (unpaired) electrons. The zero-order valence-corrected chi connectivity index (χ0v) is 9.56. The Morgan fingerprint density at radius 3 is 2.35 bits per heavy atom. The van der Waals surface area contributed by atoms with Gasteiger partial charge in [-0.05, 0) is 37.1 Å². The molecule has 94 valence electrons. The normalized spacial score (nSPS) is 22.2. The molecule has 0 spiro atoms. The van der Waals surface area contributed by atoms with Crippen LogP contribution >= 0.6 is 0 Å². The van der Waals surface area contributed by atoms with Crippen molar-refractivity contribution in [1.29, 1.82) is 0 Å². The van der Waals surface area contributed by atoms with Crippen LogP contribution in [0.5, 0.6) is 0 Å². The van der Waals surface area contributed by atoms with Crippen LogP contribution in [0.15, 0.2) is 24.3 Å². The lowest BCUT2D eigenvalue weighted by Crippen LogP contribution is -2.20. The molecular weight excluding hydrogens is 227 g/mol. The van der Waals surface area contributed by atoms with Gasteiger partial charge in [-0.2, -0.15) is 13.2 Å². The van der Waals surface area contributed by atoms with Crippen molar-refractivity contribution in [2.24, 2.45) is 0 Å². The molecule has 4 heteroatoms. The van der Waals surface area contributed by atoms with Crippen LogP contribution < -0.4 is 5.32 Å². The van der Waals surface area contributed by atoms with Crippen molar-refractivity contribution in [2.75, 3.05) is 6.54 Å². The summed E-state index contributed by atoms with van der Waals surface area (Å²) in [6, 6.07) is 5.72. The van der Waals surface area contributed by atoms with Crippen molar-refractivity contribution < 1.29 is 13.2 Å². The molecule has 0 amide bonds. The number of hydrogen-bond acceptors (Lipinski definition) is 1. The fourth-order valence-corrected chi connectivity index (χ4v) is 2.22. The number of hydrogen-bond donors (Lipinski definition) is 1. The van der Waals surface area contributed by atoms with Crippen LogP contribution in [0, 0.1) is 0 Å². The van der Waals surface area contributed by atoms with Crippen molar-refractivity contribution in [3.8, 4) is 0 Å². The van der Waals surface area contributed by atoms with E-state index in [4.69, 9.17) is 0 Å². The number of alkyl halides is 3. The van der Waals surface area contributed by atoms with E-state index in [1.807, 2.05) is 0 Å². The highest BCUT2D eigenvalue weighted by atomic mass is 19.4. The third-order valence-corrected chi connectivity index (χ3v) is 3.20. The Hall–Kier alpha value is -1.03. The van der Waals surface area contributed by atoms with Gasteiger partial charge in [-0.1, -0.05) is 25.0 Å². The Morgan fingerprint density at radius 1 is 1.00 bits per heavy atom. The van der Waals surface area contributed by atoms with Crippen molar-refractivity contribution >= 4 is 0 Å². The van der Waals surface area contributed by atoms with Gasteiger partial charge < -0.3 is 5.32 Å². The van der Waals surface area contributed by atoms with Gasteiger partial charge in [-0.25, -0.2) is 0 Å². The molecule has 0 aromatic heterocycles. The van der Waals surface area contributed by atoms with E-state index in [0.717, 1.165) is 31.4 Å². The predicted octanol–water partition coefficient (Wildman–Crippen LogP) is 3.91. The van der Waals surface area contributed by atoms with Gasteiger partial charge in [0.25, 0.3) is 0 Å². The molecule has 0 unspecified atom stereocenters. The average molecular weight is 243 g/mol. The summed E-state index contributed by atoms with van der Waals surface area (Å²) in [7, 11) is 0. The number of nitrogens with one attached hydrogen (secondary N) is 1. The zero-order valence-electron chi connectivity index (χ0n) is 9.56. The molecule has 1 aromatic carbocycles. The van der Waals surface area contributed by atoms with Gasteiger partial charge >= 0.3 is 6.18 Å². The van der Waals surface area contributed by atoms with Gasteiger partial charge in [0.15, 0.2) is 0 Å². The van der Waals surface area contributed by atoms with Gasteiger partial charge in [0.2, 0.25) is 0 Å². The number of rotatable bonds is 1. The van der Waals surface area contributed by atoms with Gasteiger partial charge in [0, 0.05) is 6.04 Å². The molecule has 1 saturated heterocycles. The fourth-order valence-electron chi connectivity index (χ4n) is 2.22. The molecule has 17 heavy (non-hydrogen) atoms. The van der Waals surface area contributed by atoms with E-state index < -0.39 is 11.7 Å². The topological polar surface area (TPSA) is 12.0 Å². The minimum Gasteiger partial charge on any atom is -0.310 e. The summed E-state index contributed by atoms with van der Waals surface area (Å²) in [4.78, 5) is 0. The largest absolute Gasteiger partial charge is 0.416 e. The van der Waals surface area contributed by atoms with Crippen LogP contribution in [0.3, 0.4) is 0 Å². The van der Waals surface area contributed by atoms with Crippen LogP contribution in [-0.4, -0.2) is 6.54 Å². The van der Waals surface area contributed by atoms with Crippen LogP contribution in [-0.2, 0) is 6.18 Å². The second kappa shape index (κ2) is 5.08. The molecule has 1 heterocycles. The minimum atomic E-state index is -4.24. The first-order chi connectivity index (χ1) is 8.07. The maximum Gasteiger partial charge on any atom is 0.416 e. The fraction of sp³-hybridized carbons (Fsp3) is 0.538. The molecule has 2 rings (SSSR count). The highest BCUT2D eigenvalue weighted by Crippen LogP contribution is 2.31. The summed E-state index contributed by atoms with van der Waals surface area (Å²) < 4.78 is 37.2. The zero-order chi connectivity index (χ0) is 12.3. The summed E-state index contributed by atoms with van der Waals surface area (Å²) >= 11 is 0. The van der Waals surface area contributed by atoms with Crippen molar-refractivity contribution in [1.82, 2.24) is 5.32 Å². The van der Waals surface area contributed by atoms with E-state index in [1.165, 1.54) is 18.6 Å². The standard InChI is InChI=1S/C13H16F3N/c14-13(15,16)11-7-5-10(6-8-11)12-4-2-1-3-9-17-12/h5-8,12,17H,1-4,9H2/t12-/m1/s1. The maximum absolute atomic E-state index is 12.4. The first-order valence-corrected chi connectivity index (χ1v) is 5.98. The van der Waals surface area contributed by atoms with E-state index in [9.17, 15) is 13.2 Å². The van der Waals surface area contributed by atoms with Crippen LogP contribution in [0.1, 0.15) is 42.9 Å². The second-order valence-corrected chi connectivity index (χ2v) is 4.48. The maximum atomic E-state index is 12.4. The third-order valence-electron chi connectivity index (χ3n) is 3.20. The molecule has 0 bridgehead atoms. The minimum absolute atomic E-state index is 0.208. The SMILES string of the molecule is FC(F)(F)c1ccc([C@H]2CCCCCN2)cc1. The molecule has 0 saturated carbocycles. The Kier molecular flexibility index (Phi) is 3.72. The van der Waals surface area contributed by atoms with Gasteiger partial charge in [0.1, 0.15) is 0 Å². The van der Waals surface area contributed by atoms with Crippen LogP contribution in [0.2, 0.25) is 0 Å². The summed E-state index contributed by atoms with van der Waals surface area (Å²) in [6.07, 6.45) is 0.251. The molecule has 1 aliphatic heterocycles. The Balaban J connectivity index is 2.11. The van der Waals surface area contributed by atoms with E-state index in [2.05, 4.69) is 5.32 Å². The van der Waals surface area contributed by atoms with Crippen molar-refractivity contribution in [3.63, 3.8) is 0 Å². The Labute approximate surface area is 99.0 Å². The van der Waals surface area contributed by atoms with E-state index >= 15 is 0 Å². The molecule has 0 aliphatic carbocycles. The quantitative estimate of drug-likeness (QED) is 0.788. The third kappa shape index (κ3) is 3.22. The van der Waals surface area contributed by atoms with E-state index in [-0.39, 0.29) is 6.04 Å². The smallest absolute Gasteiger partial charge is 0.310 e. The van der Waals surface area contributed by atoms with E-state index in [0.29, 0.717) is 0 Å². The summed E-state index contributed by atoms with van der Waals surface area (Å²) in [5.41, 5.74) is 0.384. The molecule has 1 aromatic rings. The molecule has 1 atom stereocenters. The van der Waals surface area contributed by atoms with Crippen LogP contribution in [0.25, 0.3) is 0 Å². The summed E-state index contributed by atoms with van der Waals surface area (Å²) in [6.45, 7) is 0.950. The van der Waals surface area contributed by atoms with Crippen molar-refractivity contribution in [3.05, 3.63) is 35.4 Å². The van der Waals surface area contributed by atoms with E-state index in [1.54, 1.807) is 12.1 Å². The molecular formula is C13H16F3N. The van der Waals surface area contributed by atoms with Gasteiger partial charge in [-0.15, -0.1) is 0 Å². The lowest BCUT2D eigenvalue weighted by molar-refractivity contribution is -0.137. The highest BCUT2D eigenvalue weighted by molar-refractivity contribution is 5.26. The van der Waals surface area contributed by atoms with Gasteiger partial charge in [0.05, 0.1) is 5.56 Å². The molecule has 1 N–H and O–H groups in total. The van der Waals surface area contributed by atoms with Crippen LogP contribution in [0.4, 0.5) is 13.2 Å². The number of halogens is 3. The molecule has 1 fully saturated rings. The lowest BCUT2D eigenvalue weighted by atomic mass is 10.0. The summed E-state index contributed by atoms with van der Waals surface area (Å²) in [5, 5.41) is 3.37. The first-order valence-electron chi connectivity index (χ1n) is 5.98. The number of benzene rings is 1. The predicted molar refractivity (Wildman–Crippen MR) is 60.7 cm³/mol. The first kappa shape index (κ1) is 12.4. The average Bonchev–Trinajstić information content (AvgIpc) is 2.56. The lowest BCUT2D eigenvalue weighted by Gasteiger charge is -2.17. The Bertz CT molecular complexity index is 348. The summed E-state index contributed by atoms with van der Waals surface area (Å²) in [5.74, 6) is 0. The molecule has 1 aliphatic rings. The van der Waals surface area contributed by atoms with Crippen molar-refractivity contribution in [2.45, 2.75) is 37.9 Å².